The van der Waals surface area contributed by atoms with Crippen molar-refractivity contribution in [3.8, 4) is 0 Å². The zero-order chi connectivity index (χ0) is 14.3. The first-order valence-corrected chi connectivity index (χ1v) is 7.52. The molecule has 1 aromatic carbocycles. The van der Waals surface area contributed by atoms with Crippen LogP contribution < -0.4 is 0 Å². The Labute approximate surface area is 122 Å². The third kappa shape index (κ3) is 2.83. The van der Waals surface area contributed by atoms with Crippen LogP contribution in [-0.2, 0) is 10.2 Å². The lowest BCUT2D eigenvalue weighted by Crippen LogP contribution is -2.61. The van der Waals surface area contributed by atoms with E-state index in [1.165, 1.54) is 11.1 Å². The van der Waals surface area contributed by atoms with Crippen LogP contribution in [0.2, 0.25) is 0 Å². The minimum Gasteiger partial charge on any atom is -0.376 e. The number of alkyl halides is 1. The number of halogens is 1. The molecule has 1 nitrogen and oxygen atoms in total. The molecule has 2 heteroatoms. The van der Waals surface area contributed by atoms with Crippen LogP contribution in [-0.4, -0.2) is 18.1 Å². The second-order valence-corrected chi connectivity index (χ2v) is 7.74. The molecular formula is C17H25ClO. The van der Waals surface area contributed by atoms with E-state index in [-0.39, 0.29) is 22.3 Å². The van der Waals surface area contributed by atoms with Crippen molar-refractivity contribution in [2.45, 2.75) is 57.9 Å². The molecule has 2 rings (SSSR count). The summed E-state index contributed by atoms with van der Waals surface area (Å²) in [6, 6.07) is 8.77. The van der Waals surface area contributed by atoms with Crippen LogP contribution in [0.25, 0.3) is 0 Å². The van der Waals surface area contributed by atoms with Crippen molar-refractivity contribution in [2.24, 2.45) is 5.41 Å². The summed E-state index contributed by atoms with van der Waals surface area (Å²) in [4.78, 5) is 0. The Kier molecular flexibility index (Phi) is 3.99. The Morgan fingerprint density at radius 1 is 1.32 bits per heavy atom. The van der Waals surface area contributed by atoms with Gasteiger partial charge < -0.3 is 4.74 Å². The van der Waals surface area contributed by atoms with Gasteiger partial charge in [0.1, 0.15) is 0 Å². The summed E-state index contributed by atoms with van der Waals surface area (Å²) in [5.74, 6) is 0. The van der Waals surface area contributed by atoms with Crippen LogP contribution in [0.5, 0.6) is 0 Å². The maximum Gasteiger partial charge on any atom is 0.0713 e. The molecule has 1 heterocycles. The first-order chi connectivity index (χ1) is 8.75. The highest BCUT2D eigenvalue weighted by atomic mass is 35.5. The Balaban J connectivity index is 2.31. The number of rotatable bonds is 3. The zero-order valence-electron chi connectivity index (χ0n) is 12.7. The second kappa shape index (κ2) is 5.10. The molecule has 19 heavy (non-hydrogen) atoms. The average Bonchev–Trinajstić information content (AvgIpc) is 2.26. The molecular weight excluding hydrogens is 256 g/mol. The number of ether oxygens (including phenoxy) is 1. The van der Waals surface area contributed by atoms with Crippen molar-refractivity contribution in [3.05, 3.63) is 35.4 Å². The number of hydrogen-bond acceptors (Lipinski definition) is 1. The van der Waals surface area contributed by atoms with Gasteiger partial charge in [-0.15, -0.1) is 11.6 Å². The van der Waals surface area contributed by atoms with E-state index in [1.54, 1.807) is 0 Å². The Morgan fingerprint density at radius 3 is 2.26 bits per heavy atom. The van der Waals surface area contributed by atoms with Gasteiger partial charge in [-0.2, -0.15) is 0 Å². The van der Waals surface area contributed by atoms with Gasteiger partial charge in [-0.05, 0) is 31.2 Å². The molecule has 1 fully saturated rings. The van der Waals surface area contributed by atoms with Gasteiger partial charge in [-0.1, -0.05) is 50.6 Å². The van der Waals surface area contributed by atoms with E-state index in [0.717, 1.165) is 13.0 Å². The highest BCUT2D eigenvalue weighted by Crippen LogP contribution is 2.47. The summed E-state index contributed by atoms with van der Waals surface area (Å²) in [6.07, 6.45) is 1.26. The number of aryl methyl sites for hydroxylation is 1. The summed E-state index contributed by atoms with van der Waals surface area (Å²) in [6.45, 7) is 11.7. The zero-order valence-corrected chi connectivity index (χ0v) is 13.4. The molecule has 0 aliphatic carbocycles. The van der Waals surface area contributed by atoms with E-state index in [1.807, 2.05) is 0 Å². The summed E-state index contributed by atoms with van der Waals surface area (Å²) in [7, 11) is 0. The quantitative estimate of drug-likeness (QED) is 0.730. The minimum absolute atomic E-state index is 0.0253. The summed E-state index contributed by atoms with van der Waals surface area (Å²) < 4.78 is 5.88. The van der Waals surface area contributed by atoms with Crippen molar-refractivity contribution >= 4 is 11.6 Å². The molecule has 0 radical (unpaired) electrons. The van der Waals surface area contributed by atoms with Crippen LogP contribution in [0.1, 0.15) is 45.2 Å². The Bertz CT molecular complexity index is 430. The SMILES string of the molecule is Cc1ccc(C2(C(C)Cl)COC2CC(C)(C)C)cc1. The second-order valence-electron chi connectivity index (χ2n) is 7.09. The summed E-state index contributed by atoms with van der Waals surface area (Å²) in [5, 5.41) is 0.0799. The summed E-state index contributed by atoms with van der Waals surface area (Å²) >= 11 is 6.55. The van der Waals surface area contributed by atoms with Crippen LogP contribution >= 0.6 is 11.6 Å². The van der Waals surface area contributed by atoms with Gasteiger partial charge in [0, 0.05) is 5.38 Å². The van der Waals surface area contributed by atoms with E-state index >= 15 is 0 Å². The Morgan fingerprint density at radius 2 is 1.89 bits per heavy atom. The lowest BCUT2D eigenvalue weighted by atomic mass is 9.66. The van der Waals surface area contributed by atoms with E-state index in [9.17, 15) is 0 Å². The molecule has 0 spiro atoms. The smallest absolute Gasteiger partial charge is 0.0713 e. The molecule has 3 unspecified atom stereocenters. The lowest BCUT2D eigenvalue weighted by Gasteiger charge is -2.53. The number of hydrogen-bond donors (Lipinski definition) is 0. The maximum absolute atomic E-state index is 6.55. The van der Waals surface area contributed by atoms with Gasteiger partial charge in [0.2, 0.25) is 0 Å². The van der Waals surface area contributed by atoms with Crippen molar-refractivity contribution in [1.29, 1.82) is 0 Å². The van der Waals surface area contributed by atoms with Crippen LogP contribution in [0.3, 0.4) is 0 Å². The van der Waals surface area contributed by atoms with Crippen molar-refractivity contribution in [3.63, 3.8) is 0 Å². The van der Waals surface area contributed by atoms with Gasteiger partial charge in [0.05, 0.1) is 18.1 Å². The minimum atomic E-state index is -0.0253. The fourth-order valence-electron chi connectivity index (χ4n) is 2.91. The average molecular weight is 281 g/mol. The van der Waals surface area contributed by atoms with Gasteiger partial charge in [0.15, 0.2) is 0 Å². The third-order valence-corrected chi connectivity index (χ3v) is 4.58. The molecule has 0 N–H and O–H groups in total. The van der Waals surface area contributed by atoms with Gasteiger partial charge in [-0.25, -0.2) is 0 Å². The molecule has 0 saturated carbocycles. The largest absolute Gasteiger partial charge is 0.376 e. The monoisotopic (exact) mass is 280 g/mol. The van der Waals surface area contributed by atoms with Gasteiger partial charge in [-0.3, -0.25) is 0 Å². The highest BCUT2D eigenvalue weighted by Gasteiger charge is 2.53. The third-order valence-electron chi connectivity index (χ3n) is 4.19. The van der Waals surface area contributed by atoms with Gasteiger partial charge >= 0.3 is 0 Å². The normalized spacial score (nSPS) is 28.8. The molecule has 0 aromatic heterocycles. The van der Waals surface area contributed by atoms with Crippen LogP contribution in [0, 0.1) is 12.3 Å². The standard InChI is InChI=1S/C17H25ClO/c1-12-6-8-14(9-7-12)17(13(2)18)11-19-15(17)10-16(3,4)5/h6-9,13,15H,10-11H2,1-5H3. The highest BCUT2D eigenvalue weighted by molar-refractivity contribution is 6.21. The van der Waals surface area contributed by atoms with Gasteiger partial charge in [0.25, 0.3) is 0 Å². The van der Waals surface area contributed by atoms with Crippen molar-refractivity contribution < 1.29 is 4.74 Å². The lowest BCUT2D eigenvalue weighted by molar-refractivity contribution is -0.153. The molecule has 1 saturated heterocycles. The number of benzene rings is 1. The summed E-state index contributed by atoms with van der Waals surface area (Å²) in [5.41, 5.74) is 2.84. The molecule has 0 bridgehead atoms. The molecule has 1 aliphatic heterocycles. The Hall–Kier alpha value is -0.530. The van der Waals surface area contributed by atoms with Crippen LogP contribution in [0.4, 0.5) is 0 Å². The predicted molar refractivity (Wildman–Crippen MR) is 82.0 cm³/mol. The van der Waals surface area contributed by atoms with E-state index in [4.69, 9.17) is 16.3 Å². The predicted octanol–water partition coefficient (Wildman–Crippen LogP) is 4.70. The molecule has 1 aromatic rings. The van der Waals surface area contributed by atoms with E-state index < -0.39 is 0 Å². The first-order valence-electron chi connectivity index (χ1n) is 7.08. The van der Waals surface area contributed by atoms with E-state index in [0.29, 0.717) is 0 Å². The van der Waals surface area contributed by atoms with Crippen molar-refractivity contribution in [2.75, 3.05) is 6.61 Å². The fraction of sp³-hybridized carbons (Fsp3) is 0.647. The van der Waals surface area contributed by atoms with Crippen molar-refractivity contribution in [1.82, 2.24) is 0 Å². The molecule has 1 aliphatic rings. The fourth-order valence-corrected chi connectivity index (χ4v) is 3.24. The molecule has 3 atom stereocenters. The molecule has 0 amide bonds. The first kappa shape index (κ1) is 14.9. The topological polar surface area (TPSA) is 9.23 Å². The molecule has 106 valence electrons. The van der Waals surface area contributed by atoms with Crippen LogP contribution in [0.15, 0.2) is 24.3 Å². The maximum atomic E-state index is 6.55. The van der Waals surface area contributed by atoms with E-state index in [2.05, 4.69) is 58.9 Å².